The third-order valence-corrected chi connectivity index (χ3v) is 3.68. The molecule has 1 aromatic rings. The summed E-state index contributed by atoms with van der Waals surface area (Å²) in [4.78, 5) is 13.7. The zero-order valence-corrected chi connectivity index (χ0v) is 14.6. The Morgan fingerprint density at radius 2 is 2.08 bits per heavy atom. The van der Waals surface area contributed by atoms with E-state index in [-0.39, 0.29) is 11.8 Å². The van der Waals surface area contributed by atoms with Gasteiger partial charge in [-0.3, -0.25) is 0 Å². The van der Waals surface area contributed by atoms with E-state index in [9.17, 15) is 17.1 Å². The number of alkyl carbamates (subject to hydrolysis) is 1. The number of anilines is 1. The summed E-state index contributed by atoms with van der Waals surface area (Å²) < 4.78 is 43.2. The van der Waals surface area contributed by atoms with E-state index in [1.165, 1.54) is 12.1 Å². The highest BCUT2D eigenvalue weighted by Gasteiger charge is 2.26. The highest BCUT2D eigenvalue weighted by atomic mass is 32.3. The Bertz CT molecular complexity index is 702. The SMILES string of the molecule is CC(C)(C)OC(=O)N[C@@H]1CCN(c2cccc(OS(=O)(=O)F)c2)C1. The normalized spacial score (nSPS) is 18.3. The van der Waals surface area contributed by atoms with Crippen LogP contribution >= 0.6 is 0 Å². The van der Waals surface area contributed by atoms with Crippen LogP contribution in [0.2, 0.25) is 0 Å². The van der Waals surface area contributed by atoms with Crippen LogP contribution in [-0.2, 0) is 15.2 Å². The van der Waals surface area contributed by atoms with Crippen LogP contribution in [0.4, 0.5) is 14.4 Å². The number of carbonyl (C=O) groups is 1. The van der Waals surface area contributed by atoms with E-state index < -0.39 is 22.2 Å². The number of benzene rings is 1. The van der Waals surface area contributed by atoms with Crippen LogP contribution in [0.1, 0.15) is 27.2 Å². The Labute approximate surface area is 141 Å². The molecule has 1 aliphatic heterocycles. The molecule has 0 aliphatic carbocycles. The number of nitrogens with one attached hydrogen (secondary N) is 1. The van der Waals surface area contributed by atoms with Crippen LogP contribution in [-0.4, -0.2) is 39.2 Å². The summed E-state index contributed by atoms with van der Waals surface area (Å²) in [6.07, 6.45) is 0.237. The lowest BCUT2D eigenvalue weighted by molar-refractivity contribution is 0.0509. The van der Waals surface area contributed by atoms with Crippen LogP contribution < -0.4 is 14.4 Å². The molecule has 1 heterocycles. The highest BCUT2D eigenvalue weighted by Crippen LogP contribution is 2.25. The second-order valence-electron chi connectivity index (χ2n) is 6.55. The molecular weight excluding hydrogens is 339 g/mol. The summed E-state index contributed by atoms with van der Waals surface area (Å²) in [6.45, 7) is 6.56. The third kappa shape index (κ3) is 5.88. The van der Waals surface area contributed by atoms with Crippen LogP contribution in [0.25, 0.3) is 0 Å². The first-order valence-corrected chi connectivity index (χ1v) is 8.81. The van der Waals surface area contributed by atoms with Gasteiger partial charge in [-0.1, -0.05) is 9.95 Å². The van der Waals surface area contributed by atoms with E-state index >= 15 is 0 Å². The van der Waals surface area contributed by atoms with Gasteiger partial charge in [0.15, 0.2) is 0 Å². The monoisotopic (exact) mass is 360 g/mol. The van der Waals surface area contributed by atoms with Gasteiger partial charge in [0.25, 0.3) is 0 Å². The number of nitrogens with zero attached hydrogens (tertiary/aromatic N) is 1. The molecule has 24 heavy (non-hydrogen) atoms. The maximum atomic E-state index is 12.6. The minimum absolute atomic E-state index is 0.0886. The lowest BCUT2D eigenvalue weighted by Crippen LogP contribution is -2.40. The molecule has 0 unspecified atom stereocenters. The lowest BCUT2D eigenvalue weighted by atomic mass is 10.2. The van der Waals surface area contributed by atoms with E-state index in [2.05, 4.69) is 9.50 Å². The van der Waals surface area contributed by atoms with Crippen LogP contribution in [0.5, 0.6) is 5.75 Å². The first-order valence-electron chi connectivity index (χ1n) is 7.50. The second-order valence-corrected chi connectivity index (χ2v) is 7.50. The Hall–Kier alpha value is -2.03. The van der Waals surface area contributed by atoms with E-state index in [4.69, 9.17) is 4.74 Å². The van der Waals surface area contributed by atoms with Crippen molar-refractivity contribution in [2.75, 3.05) is 18.0 Å². The lowest BCUT2D eigenvalue weighted by Gasteiger charge is -2.22. The van der Waals surface area contributed by atoms with Crippen molar-refractivity contribution in [3.05, 3.63) is 24.3 Å². The van der Waals surface area contributed by atoms with Gasteiger partial charge in [0.2, 0.25) is 0 Å². The fourth-order valence-corrected chi connectivity index (χ4v) is 2.77. The number of hydrogen-bond donors (Lipinski definition) is 1. The molecule has 1 amide bonds. The fraction of sp³-hybridized carbons (Fsp3) is 0.533. The maximum absolute atomic E-state index is 12.6. The quantitative estimate of drug-likeness (QED) is 0.830. The molecule has 0 aromatic heterocycles. The van der Waals surface area contributed by atoms with E-state index in [0.717, 1.165) is 0 Å². The molecule has 2 rings (SSSR count). The van der Waals surface area contributed by atoms with Gasteiger partial charge in [-0.05, 0) is 39.3 Å². The third-order valence-electron chi connectivity index (χ3n) is 3.29. The number of rotatable bonds is 4. The van der Waals surface area contributed by atoms with Gasteiger partial charge in [0.1, 0.15) is 11.4 Å². The van der Waals surface area contributed by atoms with Gasteiger partial charge in [-0.25, -0.2) is 4.79 Å². The molecule has 7 nitrogen and oxygen atoms in total. The average Bonchev–Trinajstić information content (AvgIpc) is 2.83. The zero-order valence-electron chi connectivity index (χ0n) is 13.8. The number of carbonyl (C=O) groups excluding carboxylic acids is 1. The summed E-state index contributed by atoms with van der Waals surface area (Å²) >= 11 is 0. The molecular formula is C15H21FN2O5S. The topological polar surface area (TPSA) is 84.9 Å². The largest absolute Gasteiger partial charge is 0.488 e. The van der Waals surface area contributed by atoms with Crippen molar-refractivity contribution >= 4 is 22.3 Å². The highest BCUT2D eigenvalue weighted by molar-refractivity contribution is 7.81. The standard InChI is InChI=1S/C15H21FN2O5S/c1-15(2,3)22-14(19)17-11-7-8-18(10-11)12-5-4-6-13(9-12)23-24(16,20)21/h4-6,9,11H,7-8,10H2,1-3H3,(H,17,19)/t11-/m1/s1. The van der Waals surface area contributed by atoms with Crippen LogP contribution in [0, 0.1) is 0 Å². The van der Waals surface area contributed by atoms with Gasteiger partial charge in [-0.15, -0.1) is 0 Å². The summed E-state index contributed by atoms with van der Waals surface area (Å²) in [6, 6.07) is 6.03. The van der Waals surface area contributed by atoms with E-state index in [1.54, 1.807) is 32.9 Å². The van der Waals surface area contributed by atoms with Crippen LogP contribution in [0.15, 0.2) is 24.3 Å². The maximum Gasteiger partial charge on any atom is 0.488 e. The second kappa shape index (κ2) is 6.84. The van der Waals surface area contributed by atoms with Crippen LogP contribution in [0.3, 0.4) is 0 Å². The van der Waals surface area contributed by atoms with Gasteiger partial charge in [-0.2, -0.15) is 8.42 Å². The molecule has 134 valence electrons. The van der Waals surface area contributed by atoms with Crippen molar-refractivity contribution < 1.29 is 26.0 Å². The molecule has 0 saturated carbocycles. The molecule has 1 N–H and O–H groups in total. The summed E-state index contributed by atoms with van der Waals surface area (Å²) in [5.74, 6) is -0.0986. The average molecular weight is 360 g/mol. The minimum atomic E-state index is -5.05. The zero-order chi connectivity index (χ0) is 18.0. The molecule has 1 atom stereocenters. The van der Waals surface area contributed by atoms with Crippen molar-refractivity contribution in [2.24, 2.45) is 0 Å². The number of ether oxygens (including phenoxy) is 1. The minimum Gasteiger partial charge on any atom is -0.444 e. The molecule has 0 radical (unpaired) electrons. The smallest absolute Gasteiger partial charge is 0.444 e. The van der Waals surface area contributed by atoms with Gasteiger partial charge >= 0.3 is 16.6 Å². The van der Waals surface area contributed by atoms with Gasteiger partial charge in [0, 0.05) is 24.8 Å². The van der Waals surface area contributed by atoms with Gasteiger partial charge in [0.05, 0.1) is 6.04 Å². The molecule has 9 heteroatoms. The molecule has 0 spiro atoms. The fourth-order valence-electron chi connectivity index (χ4n) is 2.43. The molecule has 1 aliphatic rings. The van der Waals surface area contributed by atoms with E-state index in [0.29, 0.717) is 25.2 Å². The first-order chi connectivity index (χ1) is 11.0. The van der Waals surface area contributed by atoms with Crippen molar-refractivity contribution in [2.45, 2.75) is 38.8 Å². The number of halogens is 1. The summed E-state index contributed by atoms with van der Waals surface area (Å²) in [7, 11) is -5.05. The Morgan fingerprint density at radius 3 is 2.71 bits per heavy atom. The number of hydrogen-bond acceptors (Lipinski definition) is 6. The van der Waals surface area contributed by atoms with Crippen molar-refractivity contribution in [1.29, 1.82) is 0 Å². The Balaban J connectivity index is 1.96. The Kier molecular flexibility index (Phi) is 5.22. The molecule has 1 fully saturated rings. The predicted octanol–water partition coefficient (Wildman–Crippen LogP) is 2.38. The number of amides is 1. The van der Waals surface area contributed by atoms with Crippen molar-refractivity contribution in [1.82, 2.24) is 5.32 Å². The molecule has 0 bridgehead atoms. The van der Waals surface area contributed by atoms with Gasteiger partial charge < -0.3 is 19.1 Å². The summed E-state index contributed by atoms with van der Waals surface area (Å²) in [5.41, 5.74) is 0.121. The summed E-state index contributed by atoms with van der Waals surface area (Å²) in [5, 5.41) is 2.80. The van der Waals surface area contributed by atoms with E-state index in [1.807, 2.05) is 4.90 Å². The Morgan fingerprint density at radius 1 is 1.38 bits per heavy atom. The molecule has 1 saturated heterocycles. The molecule has 1 aromatic carbocycles. The predicted molar refractivity (Wildman–Crippen MR) is 87.1 cm³/mol. The first kappa shape index (κ1) is 18.3. The van der Waals surface area contributed by atoms with Crippen molar-refractivity contribution in [3.8, 4) is 5.75 Å². The van der Waals surface area contributed by atoms with Crippen molar-refractivity contribution in [3.63, 3.8) is 0 Å².